The van der Waals surface area contributed by atoms with Gasteiger partial charge >= 0.3 is 0 Å². The molecule has 0 aliphatic rings. The Morgan fingerprint density at radius 1 is 0.533 bits per heavy atom. The fraction of sp³-hybridized carbons (Fsp3) is 0.966. The first-order valence-corrected chi connectivity index (χ1v) is 13.4. The lowest BCUT2D eigenvalue weighted by Crippen LogP contribution is -2.07. The molecule has 0 unspecified atom stereocenters. The third kappa shape index (κ3) is 41.9. The quantitative estimate of drug-likeness (QED) is 0.250. The van der Waals surface area contributed by atoms with Crippen molar-refractivity contribution >= 4 is 5.78 Å². The van der Waals surface area contributed by atoms with E-state index in [9.17, 15) is 4.79 Å². The lowest BCUT2D eigenvalue weighted by Gasteiger charge is -2.09. The first kappa shape index (κ1) is 40.1. The average molecular weight is 431 g/mol. The molecule has 0 bridgehead atoms. The van der Waals surface area contributed by atoms with E-state index in [-0.39, 0.29) is 7.43 Å². The number of Topliss-reactive ketones (excluding diaryl/α,β-unsaturated/α-hetero) is 1. The van der Waals surface area contributed by atoms with Crippen LogP contribution in [0, 0.1) is 11.8 Å². The van der Waals surface area contributed by atoms with Crippen LogP contribution in [-0.4, -0.2) is 5.78 Å². The van der Waals surface area contributed by atoms with Crippen molar-refractivity contribution < 1.29 is 4.79 Å². The van der Waals surface area contributed by atoms with Crippen LogP contribution in [0.2, 0.25) is 0 Å². The van der Waals surface area contributed by atoms with Crippen molar-refractivity contribution in [1.82, 2.24) is 0 Å². The minimum atomic E-state index is 0. The molecule has 0 aliphatic heterocycles. The van der Waals surface area contributed by atoms with Crippen molar-refractivity contribution in [2.75, 3.05) is 0 Å². The zero-order chi connectivity index (χ0) is 23.3. The molecule has 0 saturated carbocycles. The standard InChI is InChI=1S/C9H20.C7H14O.C7H16.C5H12.CH4/c1-4-7-8-9(5-2)6-3;1-4-7(5-2)6(3)8;1-3-5-7-6-4-2;1-3-5-4-2;/h9H,4-8H2,1-3H3;7H,4-5H2,1-3H3;3-7H2,1-2H3;3-5H2,1-2H3;1H4. The molecule has 0 heterocycles. The number of ketones is 1. The minimum Gasteiger partial charge on any atom is -0.300 e. The van der Waals surface area contributed by atoms with E-state index >= 15 is 0 Å². The predicted octanol–water partition coefficient (Wildman–Crippen LogP) is 11.4. The molecule has 0 fully saturated rings. The van der Waals surface area contributed by atoms with Gasteiger partial charge in [0.2, 0.25) is 0 Å². The van der Waals surface area contributed by atoms with Gasteiger partial charge in [0.15, 0.2) is 0 Å². The molecule has 0 aromatic carbocycles. The largest absolute Gasteiger partial charge is 0.300 e. The second-order valence-corrected chi connectivity index (χ2v) is 8.36. The van der Waals surface area contributed by atoms with Gasteiger partial charge in [-0.25, -0.2) is 0 Å². The summed E-state index contributed by atoms with van der Waals surface area (Å²) < 4.78 is 0. The summed E-state index contributed by atoms with van der Waals surface area (Å²) in [6.45, 7) is 21.5. The summed E-state index contributed by atoms with van der Waals surface area (Å²) in [6.07, 6.45) is 20.0. The van der Waals surface area contributed by atoms with E-state index in [2.05, 4.69) is 62.3 Å². The third-order valence-electron chi connectivity index (χ3n) is 5.60. The van der Waals surface area contributed by atoms with Crippen molar-refractivity contribution in [3.05, 3.63) is 0 Å². The zero-order valence-corrected chi connectivity index (χ0v) is 22.7. The van der Waals surface area contributed by atoms with Gasteiger partial charge in [0, 0.05) is 5.92 Å². The van der Waals surface area contributed by atoms with Gasteiger partial charge in [-0.3, -0.25) is 4.79 Å². The molecule has 0 saturated heterocycles. The van der Waals surface area contributed by atoms with E-state index in [0.29, 0.717) is 11.7 Å². The molecule has 0 amide bonds. The van der Waals surface area contributed by atoms with Gasteiger partial charge in [0.05, 0.1) is 0 Å². The highest BCUT2D eigenvalue weighted by Crippen LogP contribution is 2.15. The molecule has 0 radical (unpaired) electrons. The van der Waals surface area contributed by atoms with Gasteiger partial charge in [-0.1, -0.05) is 153 Å². The number of hydrogen-bond acceptors (Lipinski definition) is 1. The lowest BCUT2D eigenvalue weighted by atomic mass is 9.97. The van der Waals surface area contributed by atoms with Crippen LogP contribution < -0.4 is 0 Å². The van der Waals surface area contributed by atoms with Crippen molar-refractivity contribution in [3.63, 3.8) is 0 Å². The van der Waals surface area contributed by atoms with E-state index in [1.54, 1.807) is 6.92 Å². The summed E-state index contributed by atoms with van der Waals surface area (Å²) in [7, 11) is 0. The normalized spacial score (nSPS) is 9.47. The molecule has 0 N–H and O–H groups in total. The number of rotatable bonds is 14. The molecule has 0 aromatic rings. The van der Waals surface area contributed by atoms with E-state index in [1.165, 1.54) is 83.5 Å². The van der Waals surface area contributed by atoms with Gasteiger partial charge in [-0.05, 0) is 25.7 Å². The van der Waals surface area contributed by atoms with Crippen LogP contribution in [0.1, 0.15) is 173 Å². The van der Waals surface area contributed by atoms with Gasteiger partial charge in [-0.15, -0.1) is 0 Å². The molecule has 1 nitrogen and oxygen atoms in total. The minimum absolute atomic E-state index is 0. The first-order chi connectivity index (χ1) is 13.9. The summed E-state index contributed by atoms with van der Waals surface area (Å²) in [6, 6.07) is 0. The molecular weight excluding hydrogens is 364 g/mol. The van der Waals surface area contributed by atoms with E-state index in [1.807, 2.05) is 0 Å². The molecule has 0 atom stereocenters. The Bertz CT molecular complexity index is 245. The van der Waals surface area contributed by atoms with E-state index in [4.69, 9.17) is 0 Å². The molecular formula is C29H66O. The molecule has 0 spiro atoms. The van der Waals surface area contributed by atoms with Crippen molar-refractivity contribution in [1.29, 1.82) is 0 Å². The van der Waals surface area contributed by atoms with Crippen molar-refractivity contribution in [3.8, 4) is 0 Å². The number of carbonyl (C=O) groups is 1. The SMILES string of the molecule is C.CCC(CC)C(C)=O.CCCCC.CCCCC(CC)CC.CCCCCCC. The first-order valence-electron chi connectivity index (χ1n) is 13.4. The second kappa shape index (κ2) is 39.2. The Morgan fingerprint density at radius 3 is 1.07 bits per heavy atom. The van der Waals surface area contributed by atoms with Crippen molar-refractivity contribution in [2.24, 2.45) is 11.8 Å². The van der Waals surface area contributed by atoms with Crippen LogP contribution in [-0.2, 0) is 4.79 Å². The Hall–Kier alpha value is -0.330. The molecule has 188 valence electrons. The smallest absolute Gasteiger partial charge is 0.132 e. The van der Waals surface area contributed by atoms with Crippen LogP contribution in [0.4, 0.5) is 0 Å². The summed E-state index contributed by atoms with van der Waals surface area (Å²) in [5.41, 5.74) is 0. The molecule has 30 heavy (non-hydrogen) atoms. The van der Waals surface area contributed by atoms with Crippen LogP contribution in [0.15, 0.2) is 0 Å². The van der Waals surface area contributed by atoms with Gasteiger partial charge in [0.25, 0.3) is 0 Å². The number of unbranched alkanes of at least 4 members (excludes halogenated alkanes) is 7. The summed E-state index contributed by atoms with van der Waals surface area (Å²) in [4.78, 5) is 10.6. The Morgan fingerprint density at radius 2 is 0.900 bits per heavy atom. The van der Waals surface area contributed by atoms with Crippen LogP contribution in [0.5, 0.6) is 0 Å². The van der Waals surface area contributed by atoms with Crippen LogP contribution >= 0.6 is 0 Å². The highest BCUT2D eigenvalue weighted by molar-refractivity contribution is 5.78. The maximum absolute atomic E-state index is 10.6. The van der Waals surface area contributed by atoms with E-state index in [0.717, 1.165) is 18.8 Å². The molecule has 1 heteroatoms. The maximum atomic E-state index is 10.6. The predicted molar refractivity (Wildman–Crippen MR) is 145 cm³/mol. The molecule has 0 aromatic heterocycles. The third-order valence-corrected chi connectivity index (χ3v) is 5.60. The zero-order valence-electron chi connectivity index (χ0n) is 22.7. The van der Waals surface area contributed by atoms with E-state index < -0.39 is 0 Å². The lowest BCUT2D eigenvalue weighted by molar-refractivity contribution is -0.120. The highest BCUT2D eigenvalue weighted by Gasteiger charge is 2.06. The Labute approximate surface area is 195 Å². The monoisotopic (exact) mass is 431 g/mol. The number of carbonyl (C=O) groups excluding carboxylic acids is 1. The Kier molecular flexibility index (Phi) is 52.3. The molecule has 0 aliphatic carbocycles. The van der Waals surface area contributed by atoms with Crippen LogP contribution in [0.3, 0.4) is 0 Å². The fourth-order valence-electron chi connectivity index (χ4n) is 3.08. The van der Waals surface area contributed by atoms with Crippen LogP contribution in [0.25, 0.3) is 0 Å². The van der Waals surface area contributed by atoms with Crippen molar-refractivity contribution in [2.45, 2.75) is 173 Å². The van der Waals surface area contributed by atoms with Gasteiger partial charge in [-0.2, -0.15) is 0 Å². The molecule has 0 rings (SSSR count). The summed E-state index contributed by atoms with van der Waals surface area (Å²) >= 11 is 0. The average Bonchev–Trinajstić information content (AvgIpc) is 2.72. The van der Waals surface area contributed by atoms with Gasteiger partial charge < -0.3 is 0 Å². The number of hydrogen-bond donors (Lipinski definition) is 0. The topological polar surface area (TPSA) is 17.1 Å². The highest BCUT2D eigenvalue weighted by atomic mass is 16.1. The summed E-state index contributed by atoms with van der Waals surface area (Å²) in [5.74, 6) is 1.65. The second-order valence-electron chi connectivity index (χ2n) is 8.36. The maximum Gasteiger partial charge on any atom is 0.132 e. The Balaban J connectivity index is -0.0000000933. The summed E-state index contributed by atoms with van der Waals surface area (Å²) in [5, 5.41) is 0. The fourth-order valence-corrected chi connectivity index (χ4v) is 3.08. The van der Waals surface area contributed by atoms with Gasteiger partial charge in [0.1, 0.15) is 5.78 Å².